The second kappa shape index (κ2) is 4.92. The molecular weight excluding hydrogens is 80.0 g/mol. The lowest BCUT2D eigenvalue weighted by Gasteiger charge is -1.91. The molecule has 6 heavy (non-hydrogen) atoms. The average Bonchev–Trinajstić information content (AvgIpc) is 1.61. The summed E-state index contributed by atoms with van der Waals surface area (Å²) in [7, 11) is 6.23. The minimum Gasteiger partial charge on any atom is -0.377 e. The Morgan fingerprint density at radius 1 is 1.00 bits per heavy atom. The Hall–Kier alpha value is -0.0800. The molecule has 0 amide bonds. The molecule has 0 saturated carbocycles. The van der Waals surface area contributed by atoms with Crippen molar-refractivity contribution in [3.05, 3.63) is 14.2 Å². The number of ether oxygens (including phenoxy) is 2. The summed E-state index contributed by atoms with van der Waals surface area (Å²) in [5, 5.41) is 0. The molecule has 0 rings (SSSR count). The second-order valence-corrected chi connectivity index (χ2v) is 0.816. The minimum atomic E-state index is 0.517. The highest BCUT2D eigenvalue weighted by molar-refractivity contribution is 4.23. The van der Waals surface area contributed by atoms with E-state index in [0.29, 0.717) is 13.2 Å². The molecule has 0 aromatic carbocycles. The van der Waals surface area contributed by atoms with E-state index < -0.39 is 0 Å². The minimum absolute atomic E-state index is 0.517. The highest BCUT2D eigenvalue weighted by atomic mass is 16.5. The van der Waals surface area contributed by atoms with Crippen LogP contribution in [0.1, 0.15) is 0 Å². The molecule has 0 spiro atoms. The van der Waals surface area contributed by atoms with Crippen LogP contribution in [0.3, 0.4) is 0 Å². The van der Waals surface area contributed by atoms with Crippen LogP contribution in [-0.4, -0.2) is 13.2 Å². The van der Waals surface area contributed by atoms with Crippen molar-refractivity contribution in [2.75, 3.05) is 13.2 Å². The molecule has 0 aromatic heterocycles. The molecule has 0 aliphatic carbocycles. The molecule has 36 valence electrons. The van der Waals surface area contributed by atoms with E-state index in [1.54, 1.807) is 0 Å². The lowest BCUT2D eigenvalue weighted by molar-refractivity contribution is 0.142. The molecule has 0 unspecified atom stereocenters. The first kappa shape index (κ1) is 5.92. The molecule has 2 nitrogen and oxygen atoms in total. The summed E-state index contributed by atoms with van der Waals surface area (Å²) in [5.74, 6) is 0. The SMILES string of the molecule is [CH2]OCCO[CH2]. The van der Waals surface area contributed by atoms with E-state index in [2.05, 4.69) is 23.7 Å². The summed E-state index contributed by atoms with van der Waals surface area (Å²) in [6.45, 7) is 1.03. The fourth-order valence-electron chi connectivity index (χ4n) is 0.118. The van der Waals surface area contributed by atoms with Gasteiger partial charge in [-0.3, -0.25) is 0 Å². The van der Waals surface area contributed by atoms with Gasteiger partial charge < -0.3 is 9.47 Å². The van der Waals surface area contributed by atoms with Gasteiger partial charge in [0.25, 0.3) is 0 Å². The normalized spacial score (nSPS) is 9.00. The maximum atomic E-state index is 4.37. The zero-order chi connectivity index (χ0) is 4.83. The van der Waals surface area contributed by atoms with E-state index in [-0.39, 0.29) is 0 Å². The Labute approximate surface area is 38.1 Å². The largest absolute Gasteiger partial charge is 0.377 e. The van der Waals surface area contributed by atoms with Crippen molar-refractivity contribution in [2.24, 2.45) is 0 Å². The second-order valence-electron chi connectivity index (χ2n) is 0.816. The molecule has 2 radical (unpaired) electrons. The predicted octanol–water partition coefficient (Wildman–Crippen LogP) is 0.603. The predicted molar refractivity (Wildman–Crippen MR) is 22.6 cm³/mol. The molecule has 0 atom stereocenters. The molecule has 0 saturated heterocycles. The lowest BCUT2D eigenvalue weighted by atomic mass is 10.8. The first-order valence-electron chi connectivity index (χ1n) is 1.65. The van der Waals surface area contributed by atoms with Gasteiger partial charge in [0.15, 0.2) is 0 Å². The van der Waals surface area contributed by atoms with Crippen LogP contribution in [0.25, 0.3) is 0 Å². The smallest absolute Gasteiger partial charge is 0.0701 e. The van der Waals surface area contributed by atoms with Crippen LogP contribution in [0.4, 0.5) is 0 Å². The van der Waals surface area contributed by atoms with Gasteiger partial charge in [-0.15, -0.1) is 0 Å². The molecule has 0 bridgehead atoms. The van der Waals surface area contributed by atoms with Gasteiger partial charge in [0.2, 0.25) is 0 Å². The Morgan fingerprint density at radius 2 is 1.33 bits per heavy atom. The summed E-state index contributed by atoms with van der Waals surface area (Å²) in [4.78, 5) is 0. The monoisotopic (exact) mass is 88.1 g/mol. The van der Waals surface area contributed by atoms with Crippen LogP contribution in [0.15, 0.2) is 0 Å². The third-order valence-electron chi connectivity index (χ3n) is 0.372. The van der Waals surface area contributed by atoms with E-state index in [4.69, 9.17) is 0 Å². The molecule has 0 N–H and O–H groups in total. The Balaban J connectivity index is 2.34. The van der Waals surface area contributed by atoms with Crippen molar-refractivity contribution in [3.63, 3.8) is 0 Å². The van der Waals surface area contributed by atoms with Crippen LogP contribution in [0.2, 0.25) is 0 Å². The van der Waals surface area contributed by atoms with Crippen LogP contribution in [0.5, 0.6) is 0 Å². The van der Waals surface area contributed by atoms with E-state index in [0.717, 1.165) is 0 Å². The fourth-order valence-corrected chi connectivity index (χ4v) is 0.118. The first-order valence-corrected chi connectivity index (χ1v) is 1.65. The van der Waals surface area contributed by atoms with Gasteiger partial charge >= 0.3 is 0 Å². The van der Waals surface area contributed by atoms with Crippen molar-refractivity contribution in [3.8, 4) is 0 Å². The van der Waals surface area contributed by atoms with Crippen molar-refractivity contribution >= 4 is 0 Å². The molecule has 0 heterocycles. The Kier molecular flexibility index (Phi) is 4.85. The number of hydrogen-bond donors (Lipinski definition) is 0. The Bertz CT molecular complexity index is 17.5. The van der Waals surface area contributed by atoms with Crippen LogP contribution in [0, 0.1) is 14.2 Å². The van der Waals surface area contributed by atoms with Gasteiger partial charge in [0.05, 0.1) is 27.4 Å². The maximum absolute atomic E-state index is 4.37. The van der Waals surface area contributed by atoms with Crippen molar-refractivity contribution < 1.29 is 9.47 Å². The van der Waals surface area contributed by atoms with Crippen LogP contribution >= 0.6 is 0 Å². The summed E-state index contributed by atoms with van der Waals surface area (Å²) in [5.41, 5.74) is 0. The quantitative estimate of drug-likeness (QED) is 0.470. The fraction of sp³-hybridized carbons (Fsp3) is 0.500. The van der Waals surface area contributed by atoms with Crippen molar-refractivity contribution in [2.45, 2.75) is 0 Å². The van der Waals surface area contributed by atoms with Crippen molar-refractivity contribution in [1.29, 1.82) is 0 Å². The van der Waals surface area contributed by atoms with E-state index in [1.807, 2.05) is 0 Å². The van der Waals surface area contributed by atoms with Gasteiger partial charge in [0, 0.05) is 0 Å². The topological polar surface area (TPSA) is 18.5 Å². The Morgan fingerprint density at radius 3 is 1.50 bits per heavy atom. The number of hydrogen-bond acceptors (Lipinski definition) is 2. The third-order valence-corrected chi connectivity index (χ3v) is 0.372. The molecule has 0 aliphatic rings. The van der Waals surface area contributed by atoms with Gasteiger partial charge in [-0.05, 0) is 0 Å². The van der Waals surface area contributed by atoms with E-state index in [1.165, 1.54) is 0 Å². The van der Waals surface area contributed by atoms with Gasteiger partial charge in [-0.2, -0.15) is 0 Å². The zero-order valence-electron chi connectivity index (χ0n) is 3.64. The number of rotatable bonds is 3. The van der Waals surface area contributed by atoms with Crippen molar-refractivity contribution in [1.82, 2.24) is 0 Å². The molecule has 2 heteroatoms. The first-order chi connectivity index (χ1) is 2.91. The third kappa shape index (κ3) is 3.92. The van der Waals surface area contributed by atoms with Gasteiger partial charge in [0.1, 0.15) is 0 Å². The van der Waals surface area contributed by atoms with Crippen LogP contribution < -0.4 is 0 Å². The molecule has 0 aliphatic heterocycles. The highest BCUT2D eigenvalue weighted by Gasteiger charge is 1.74. The lowest BCUT2D eigenvalue weighted by Crippen LogP contribution is -1.93. The maximum Gasteiger partial charge on any atom is 0.0701 e. The standard InChI is InChI=1S/C4H8O2/c1-5-3-4-6-2/h1-4H2. The van der Waals surface area contributed by atoms with E-state index >= 15 is 0 Å². The van der Waals surface area contributed by atoms with Gasteiger partial charge in [-0.25, -0.2) is 0 Å². The summed E-state index contributed by atoms with van der Waals surface area (Å²) >= 11 is 0. The van der Waals surface area contributed by atoms with Crippen LogP contribution in [-0.2, 0) is 9.47 Å². The summed E-state index contributed by atoms with van der Waals surface area (Å²) in [6, 6.07) is 0. The molecule has 0 aromatic rings. The summed E-state index contributed by atoms with van der Waals surface area (Å²) in [6.07, 6.45) is 0. The highest BCUT2D eigenvalue weighted by Crippen LogP contribution is 1.69. The molecular formula is C4H8O2. The van der Waals surface area contributed by atoms with E-state index in [9.17, 15) is 0 Å². The summed E-state index contributed by atoms with van der Waals surface area (Å²) < 4.78 is 8.73. The molecule has 0 fully saturated rings. The average molecular weight is 88.1 g/mol. The zero-order valence-corrected chi connectivity index (χ0v) is 3.64. The van der Waals surface area contributed by atoms with Gasteiger partial charge in [-0.1, -0.05) is 0 Å².